The molecule has 1 aromatic carbocycles. The summed E-state index contributed by atoms with van der Waals surface area (Å²) in [7, 11) is 1.86. The Morgan fingerprint density at radius 3 is 2.79 bits per heavy atom. The van der Waals surface area contributed by atoms with Crippen molar-refractivity contribution in [3.63, 3.8) is 0 Å². The highest BCUT2D eigenvalue weighted by molar-refractivity contribution is 5.75. The summed E-state index contributed by atoms with van der Waals surface area (Å²) < 4.78 is 7.18. The van der Waals surface area contributed by atoms with Crippen LogP contribution >= 0.6 is 0 Å². The third kappa shape index (κ3) is 3.88. The maximum Gasteiger partial charge on any atom is 0.315 e. The summed E-state index contributed by atoms with van der Waals surface area (Å²) in [5.41, 5.74) is 2.23. The Morgan fingerprint density at radius 2 is 2.17 bits per heavy atom. The first-order valence-corrected chi connectivity index (χ1v) is 8.35. The summed E-state index contributed by atoms with van der Waals surface area (Å²) in [6.07, 6.45) is 4.65. The lowest BCUT2D eigenvalue weighted by molar-refractivity contribution is 0.237. The Balaban J connectivity index is 1.48. The van der Waals surface area contributed by atoms with E-state index in [1.165, 1.54) is 5.56 Å². The Kier molecular flexibility index (Phi) is 4.74. The number of benzene rings is 1. The SMILES string of the molecule is CCOc1ccc([C@@H]2C[C@H]2NC(=O)N[C@@H](C)c2cnn(C)c2)cc1. The number of rotatable bonds is 6. The summed E-state index contributed by atoms with van der Waals surface area (Å²) in [4.78, 5) is 12.1. The average molecular weight is 328 g/mol. The molecule has 1 aliphatic carbocycles. The molecule has 0 spiro atoms. The van der Waals surface area contributed by atoms with E-state index in [0.29, 0.717) is 12.5 Å². The summed E-state index contributed by atoms with van der Waals surface area (Å²) in [6, 6.07) is 8.12. The van der Waals surface area contributed by atoms with Crippen LogP contribution in [0.15, 0.2) is 36.7 Å². The van der Waals surface area contributed by atoms with Gasteiger partial charge in [0, 0.05) is 30.8 Å². The molecule has 3 atom stereocenters. The summed E-state index contributed by atoms with van der Waals surface area (Å²) in [5, 5.41) is 10.1. The molecule has 1 aromatic heterocycles. The molecule has 6 nitrogen and oxygen atoms in total. The monoisotopic (exact) mass is 328 g/mol. The number of nitrogens with zero attached hydrogens (tertiary/aromatic N) is 2. The Morgan fingerprint density at radius 1 is 1.42 bits per heavy atom. The zero-order valence-electron chi connectivity index (χ0n) is 14.3. The minimum atomic E-state index is -0.134. The fourth-order valence-corrected chi connectivity index (χ4v) is 2.85. The number of carbonyl (C=O) groups excluding carboxylic acids is 1. The van der Waals surface area contributed by atoms with Gasteiger partial charge in [-0.15, -0.1) is 0 Å². The highest BCUT2D eigenvalue weighted by Crippen LogP contribution is 2.41. The molecule has 24 heavy (non-hydrogen) atoms. The van der Waals surface area contributed by atoms with Gasteiger partial charge in [0.2, 0.25) is 0 Å². The first kappa shape index (κ1) is 16.4. The lowest BCUT2D eigenvalue weighted by atomic mass is 10.1. The van der Waals surface area contributed by atoms with Gasteiger partial charge >= 0.3 is 6.03 Å². The fraction of sp³-hybridized carbons (Fsp3) is 0.444. The predicted octanol–water partition coefficient (Wildman–Crippen LogP) is 2.74. The van der Waals surface area contributed by atoms with Crippen molar-refractivity contribution in [3.05, 3.63) is 47.8 Å². The standard InChI is InChI=1S/C18H24N4O2/c1-4-24-15-7-5-13(6-8-15)16-9-17(16)21-18(23)20-12(2)14-10-19-22(3)11-14/h5-8,10-12,16-17H,4,9H2,1-3H3,(H2,20,21,23)/t12-,16-,17+/m0/s1. The molecule has 0 saturated heterocycles. The van der Waals surface area contributed by atoms with Crippen molar-refractivity contribution in [3.8, 4) is 5.75 Å². The molecule has 2 aromatic rings. The summed E-state index contributed by atoms with van der Waals surface area (Å²) in [5.74, 6) is 1.27. The molecular weight excluding hydrogens is 304 g/mol. The second-order valence-electron chi connectivity index (χ2n) is 6.24. The third-order valence-electron chi connectivity index (χ3n) is 4.30. The van der Waals surface area contributed by atoms with Gasteiger partial charge in [0.25, 0.3) is 0 Å². The number of carbonyl (C=O) groups is 1. The van der Waals surface area contributed by atoms with Crippen LogP contribution in [0.4, 0.5) is 4.79 Å². The van der Waals surface area contributed by atoms with Crippen molar-refractivity contribution < 1.29 is 9.53 Å². The van der Waals surface area contributed by atoms with E-state index >= 15 is 0 Å². The van der Waals surface area contributed by atoms with Crippen LogP contribution < -0.4 is 15.4 Å². The van der Waals surface area contributed by atoms with Gasteiger partial charge in [0.1, 0.15) is 5.75 Å². The molecule has 3 rings (SSSR count). The van der Waals surface area contributed by atoms with E-state index in [4.69, 9.17) is 4.74 Å². The van der Waals surface area contributed by atoms with Gasteiger partial charge in [-0.2, -0.15) is 5.10 Å². The first-order chi connectivity index (χ1) is 11.6. The van der Waals surface area contributed by atoms with Gasteiger partial charge in [-0.05, 0) is 38.0 Å². The van der Waals surface area contributed by atoms with Gasteiger partial charge in [0.05, 0.1) is 18.8 Å². The number of urea groups is 1. The molecule has 2 N–H and O–H groups in total. The summed E-state index contributed by atoms with van der Waals surface area (Å²) >= 11 is 0. The van der Waals surface area contributed by atoms with Gasteiger partial charge in [-0.3, -0.25) is 4.68 Å². The number of nitrogens with one attached hydrogen (secondary N) is 2. The highest BCUT2D eigenvalue weighted by Gasteiger charge is 2.39. The fourth-order valence-electron chi connectivity index (χ4n) is 2.85. The van der Waals surface area contributed by atoms with Gasteiger partial charge in [0.15, 0.2) is 0 Å². The topological polar surface area (TPSA) is 68.2 Å². The largest absolute Gasteiger partial charge is 0.494 e. The molecule has 1 saturated carbocycles. The zero-order valence-corrected chi connectivity index (χ0v) is 14.3. The van der Waals surface area contributed by atoms with Gasteiger partial charge in [-0.1, -0.05) is 12.1 Å². The van der Waals surface area contributed by atoms with Crippen molar-refractivity contribution in [2.45, 2.75) is 38.3 Å². The number of ether oxygens (including phenoxy) is 1. The van der Waals surface area contributed by atoms with Crippen LogP contribution in [-0.2, 0) is 7.05 Å². The minimum Gasteiger partial charge on any atom is -0.494 e. The molecule has 128 valence electrons. The Bertz CT molecular complexity index is 695. The van der Waals surface area contributed by atoms with Crippen LogP contribution in [0.25, 0.3) is 0 Å². The Labute approximate surface area is 142 Å². The van der Waals surface area contributed by atoms with Crippen molar-refractivity contribution in [1.82, 2.24) is 20.4 Å². The molecule has 0 bridgehead atoms. The number of amides is 2. The number of hydrogen-bond donors (Lipinski definition) is 2. The van der Waals surface area contributed by atoms with Crippen LogP contribution in [0, 0.1) is 0 Å². The van der Waals surface area contributed by atoms with Crippen LogP contribution in [-0.4, -0.2) is 28.5 Å². The van der Waals surface area contributed by atoms with E-state index in [1.807, 2.05) is 39.2 Å². The lowest BCUT2D eigenvalue weighted by Gasteiger charge is -2.13. The van der Waals surface area contributed by atoms with E-state index in [9.17, 15) is 4.79 Å². The summed E-state index contributed by atoms with van der Waals surface area (Å²) in [6.45, 7) is 4.59. The van der Waals surface area contributed by atoms with Crippen molar-refractivity contribution in [2.75, 3.05) is 6.61 Å². The minimum absolute atomic E-state index is 0.0682. The number of aryl methyl sites for hydroxylation is 1. The van der Waals surface area contributed by atoms with Crippen molar-refractivity contribution >= 4 is 6.03 Å². The maximum absolute atomic E-state index is 12.1. The molecule has 0 aliphatic heterocycles. The first-order valence-electron chi connectivity index (χ1n) is 8.35. The quantitative estimate of drug-likeness (QED) is 0.857. The van der Waals surface area contributed by atoms with Crippen molar-refractivity contribution in [1.29, 1.82) is 0 Å². The average Bonchev–Trinajstić information content (AvgIpc) is 3.17. The third-order valence-corrected chi connectivity index (χ3v) is 4.30. The molecule has 2 amide bonds. The van der Waals surface area contributed by atoms with E-state index in [2.05, 4.69) is 27.9 Å². The predicted molar refractivity (Wildman–Crippen MR) is 92.0 cm³/mol. The van der Waals surface area contributed by atoms with E-state index in [0.717, 1.165) is 17.7 Å². The second kappa shape index (κ2) is 6.95. The number of aromatic nitrogens is 2. The molecule has 0 radical (unpaired) electrons. The van der Waals surface area contributed by atoms with Crippen LogP contribution in [0.2, 0.25) is 0 Å². The van der Waals surface area contributed by atoms with E-state index in [1.54, 1.807) is 10.9 Å². The Hall–Kier alpha value is -2.50. The van der Waals surface area contributed by atoms with Crippen LogP contribution in [0.1, 0.15) is 43.4 Å². The molecule has 6 heteroatoms. The molecule has 1 fully saturated rings. The second-order valence-corrected chi connectivity index (χ2v) is 6.24. The van der Waals surface area contributed by atoms with Crippen molar-refractivity contribution in [2.24, 2.45) is 7.05 Å². The number of hydrogen-bond acceptors (Lipinski definition) is 3. The smallest absolute Gasteiger partial charge is 0.315 e. The maximum atomic E-state index is 12.1. The van der Waals surface area contributed by atoms with E-state index < -0.39 is 0 Å². The lowest BCUT2D eigenvalue weighted by Crippen LogP contribution is -2.38. The van der Waals surface area contributed by atoms with Gasteiger partial charge in [-0.25, -0.2) is 4.79 Å². The van der Waals surface area contributed by atoms with Gasteiger partial charge < -0.3 is 15.4 Å². The molecule has 1 aliphatic rings. The zero-order chi connectivity index (χ0) is 17.1. The molecule has 1 heterocycles. The van der Waals surface area contributed by atoms with Crippen LogP contribution in [0.3, 0.4) is 0 Å². The van der Waals surface area contributed by atoms with Crippen LogP contribution in [0.5, 0.6) is 5.75 Å². The van der Waals surface area contributed by atoms with E-state index in [-0.39, 0.29) is 18.1 Å². The molecule has 0 unspecified atom stereocenters. The normalized spacial score (nSPS) is 20.3. The molecular formula is C18H24N4O2. The highest BCUT2D eigenvalue weighted by atomic mass is 16.5.